The summed E-state index contributed by atoms with van der Waals surface area (Å²) >= 11 is 0. The lowest BCUT2D eigenvalue weighted by atomic mass is 9.80. The number of hydrogen-bond acceptors (Lipinski definition) is 5. The van der Waals surface area contributed by atoms with Crippen molar-refractivity contribution in [3.8, 4) is 0 Å². The third kappa shape index (κ3) is 2.61. The van der Waals surface area contributed by atoms with Gasteiger partial charge in [0.1, 0.15) is 0 Å². The lowest BCUT2D eigenvalue weighted by molar-refractivity contribution is -0.542. The second kappa shape index (κ2) is 5.71. The fourth-order valence-corrected chi connectivity index (χ4v) is 4.13. The van der Waals surface area contributed by atoms with E-state index in [0.29, 0.717) is 50.5 Å². The average molecular weight is 312 g/mol. The van der Waals surface area contributed by atoms with Crippen LogP contribution >= 0.6 is 0 Å². The average Bonchev–Trinajstić information content (AvgIpc) is 3.37. The maximum atomic E-state index is 5.90. The van der Waals surface area contributed by atoms with Crippen LogP contribution in [0.5, 0.6) is 0 Å². The molecule has 3 saturated heterocycles. The van der Waals surface area contributed by atoms with Gasteiger partial charge >= 0.3 is 6.16 Å². The van der Waals surface area contributed by atoms with Crippen LogP contribution in [-0.2, 0) is 23.7 Å². The SMILES string of the molecule is CCC1(CC)COC2(OCC(C3CCCC4OC43)CO2)OC1. The molecule has 3 aliphatic heterocycles. The molecule has 0 aromatic heterocycles. The van der Waals surface area contributed by atoms with Crippen molar-refractivity contribution in [2.24, 2.45) is 17.3 Å². The molecule has 1 spiro atoms. The zero-order valence-electron chi connectivity index (χ0n) is 13.7. The van der Waals surface area contributed by atoms with Gasteiger partial charge in [0.15, 0.2) is 0 Å². The van der Waals surface area contributed by atoms with Crippen LogP contribution in [0.25, 0.3) is 0 Å². The smallest absolute Gasteiger partial charge is 0.369 e. The molecule has 4 rings (SSSR count). The predicted octanol–water partition coefficient (Wildman–Crippen LogP) is 2.68. The molecule has 4 aliphatic rings. The second-order valence-corrected chi connectivity index (χ2v) is 7.40. The highest BCUT2D eigenvalue weighted by Crippen LogP contribution is 2.46. The maximum absolute atomic E-state index is 5.90. The quantitative estimate of drug-likeness (QED) is 0.750. The van der Waals surface area contributed by atoms with E-state index >= 15 is 0 Å². The zero-order valence-corrected chi connectivity index (χ0v) is 13.7. The first kappa shape index (κ1) is 15.3. The Morgan fingerprint density at radius 2 is 1.59 bits per heavy atom. The van der Waals surface area contributed by atoms with Crippen molar-refractivity contribution in [3.63, 3.8) is 0 Å². The molecule has 5 nitrogen and oxygen atoms in total. The van der Waals surface area contributed by atoms with E-state index in [1.165, 1.54) is 19.3 Å². The van der Waals surface area contributed by atoms with Crippen LogP contribution in [0.1, 0.15) is 46.0 Å². The van der Waals surface area contributed by atoms with E-state index in [1.807, 2.05) is 0 Å². The van der Waals surface area contributed by atoms with Crippen molar-refractivity contribution in [2.45, 2.75) is 64.3 Å². The summed E-state index contributed by atoms with van der Waals surface area (Å²) in [5.41, 5.74) is 0.104. The van der Waals surface area contributed by atoms with E-state index in [4.69, 9.17) is 23.7 Å². The predicted molar refractivity (Wildman–Crippen MR) is 79.0 cm³/mol. The summed E-state index contributed by atoms with van der Waals surface area (Å²) < 4.78 is 29.3. The molecule has 0 aromatic carbocycles. The van der Waals surface area contributed by atoms with Crippen molar-refractivity contribution in [3.05, 3.63) is 0 Å². The minimum atomic E-state index is -1.25. The Hall–Kier alpha value is -0.200. The van der Waals surface area contributed by atoms with Crippen LogP contribution in [0.4, 0.5) is 0 Å². The fraction of sp³-hybridized carbons (Fsp3) is 1.00. The molecule has 1 aliphatic carbocycles. The minimum absolute atomic E-state index is 0.104. The fourth-order valence-electron chi connectivity index (χ4n) is 4.13. The van der Waals surface area contributed by atoms with Crippen LogP contribution < -0.4 is 0 Å². The Morgan fingerprint density at radius 1 is 0.909 bits per heavy atom. The molecule has 3 heterocycles. The lowest BCUT2D eigenvalue weighted by Gasteiger charge is -2.47. The Kier molecular flexibility index (Phi) is 3.98. The molecule has 4 fully saturated rings. The molecular weight excluding hydrogens is 284 g/mol. The third-order valence-corrected chi connectivity index (χ3v) is 6.23. The van der Waals surface area contributed by atoms with E-state index in [2.05, 4.69) is 13.8 Å². The maximum Gasteiger partial charge on any atom is 0.412 e. The number of ether oxygens (including phenoxy) is 5. The highest BCUT2D eigenvalue weighted by Gasteiger charge is 2.54. The molecule has 5 heteroatoms. The van der Waals surface area contributed by atoms with Crippen molar-refractivity contribution in [1.29, 1.82) is 0 Å². The number of fused-ring (bicyclic) bond motifs is 1. The zero-order chi connectivity index (χ0) is 15.2. The highest BCUT2D eigenvalue weighted by molar-refractivity contribution is 4.97. The lowest BCUT2D eigenvalue weighted by Crippen LogP contribution is -2.56. The van der Waals surface area contributed by atoms with Crippen molar-refractivity contribution >= 4 is 0 Å². The van der Waals surface area contributed by atoms with Crippen molar-refractivity contribution < 1.29 is 23.7 Å². The van der Waals surface area contributed by atoms with E-state index < -0.39 is 6.16 Å². The van der Waals surface area contributed by atoms with E-state index in [1.54, 1.807) is 0 Å². The molecule has 0 N–H and O–H groups in total. The van der Waals surface area contributed by atoms with Gasteiger partial charge in [0.25, 0.3) is 0 Å². The number of rotatable bonds is 3. The van der Waals surface area contributed by atoms with Crippen LogP contribution in [-0.4, -0.2) is 44.8 Å². The first-order valence-corrected chi connectivity index (χ1v) is 8.90. The summed E-state index contributed by atoms with van der Waals surface area (Å²) in [5.74, 6) is 0.974. The Morgan fingerprint density at radius 3 is 2.23 bits per heavy atom. The normalized spacial score (nSPS) is 40.4. The van der Waals surface area contributed by atoms with Crippen molar-refractivity contribution in [2.75, 3.05) is 26.4 Å². The van der Waals surface area contributed by atoms with Crippen LogP contribution in [0.2, 0.25) is 0 Å². The topological polar surface area (TPSA) is 49.5 Å². The summed E-state index contributed by atoms with van der Waals surface area (Å²) in [5, 5.41) is 0. The van der Waals surface area contributed by atoms with Crippen LogP contribution in [0, 0.1) is 17.3 Å². The molecule has 0 radical (unpaired) electrons. The first-order chi connectivity index (χ1) is 10.7. The van der Waals surface area contributed by atoms with Crippen LogP contribution in [0.15, 0.2) is 0 Å². The molecule has 126 valence electrons. The summed E-state index contributed by atoms with van der Waals surface area (Å²) in [6.07, 6.45) is 5.51. The monoisotopic (exact) mass is 312 g/mol. The van der Waals surface area contributed by atoms with E-state index in [-0.39, 0.29) is 5.41 Å². The molecule has 3 unspecified atom stereocenters. The van der Waals surface area contributed by atoms with Gasteiger partial charge in [-0.2, -0.15) is 0 Å². The van der Waals surface area contributed by atoms with Gasteiger partial charge in [-0.05, 0) is 31.6 Å². The molecule has 3 atom stereocenters. The van der Waals surface area contributed by atoms with Crippen LogP contribution in [0.3, 0.4) is 0 Å². The van der Waals surface area contributed by atoms with E-state index in [9.17, 15) is 0 Å². The Bertz CT molecular complexity index is 388. The largest absolute Gasteiger partial charge is 0.412 e. The first-order valence-electron chi connectivity index (χ1n) is 8.90. The minimum Gasteiger partial charge on any atom is -0.369 e. The third-order valence-electron chi connectivity index (χ3n) is 6.23. The van der Waals surface area contributed by atoms with Gasteiger partial charge < -0.3 is 23.7 Å². The Balaban J connectivity index is 1.32. The van der Waals surface area contributed by atoms with Crippen molar-refractivity contribution in [1.82, 2.24) is 0 Å². The standard InChI is InChI=1S/C17H28O5/c1-3-16(4-2)10-20-17(21-11-16)18-8-12(9-19-17)13-6-5-7-14-15(13)22-14/h12-15H,3-11H2,1-2H3. The number of hydrogen-bond donors (Lipinski definition) is 0. The number of epoxide rings is 1. The second-order valence-electron chi connectivity index (χ2n) is 7.40. The Labute approximate surface area is 132 Å². The molecule has 0 aromatic rings. The van der Waals surface area contributed by atoms with Gasteiger partial charge in [-0.15, -0.1) is 0 Å². The van der Waals surface area contributed by atoms with Gasteiger partial charge in [-0.3, -0.25) is 0 Å². The highest BCUT2D eigenvalue weighted by atomic mass is 17.0. The molecule has 22 heavy (non-hydrogen) atoms. The summed E-state index contributed by atoms with van der Waals surface area (Å²) in [7, 11) is 0. The summed E-state index contributed by atoms with van der Waals surface area (Å²) in [6, 6.07) is 0. The molecular formula is C17H28O5. The van der Waals surface area contributed by atoms with Gasteiger partial charge in [-0.1, -0.05) is 20.3 Å². The van der Waals surface area contributed by atoms with Gasteiger partial charge in [0.2, 0.25) is 0 Å². The molecule has 1 saturated carbocycles. The van der Waals surface area contributed by atoms with E-state index in [0.717, 1.165) is 12.8 Å². The molecule has 0 amide bonds. The summed E-state index contributed by atoms with van der Waals surface area (Å²) in [4.78, 5) is 0. The van der Waals surface area contributed by atoms with Gasteiger partial charge in [-0.25, -0.2) is 0 Å². The molecule has 0 bridgehead atoms. The summed E-state index contributed by atoms with van der Waals surface area (Å²) in [6.45, 7) is 6.93. The van der Waals surface area contributed by atoms with Gasteiger partial charge in [0.05, 0.1) is 38.6 Å². The van der Waals surface area contributed by atoms with Gasteiger partial charge in [0, 0.05) is 11.3 Å².